The van der Waals surface area contributed by atoms with Gasteiger partial charge in [0, 0.05) is 19.1 Å². The topological polar surface area (TPSA) is 49.4 Å². The van der Waals surface area contributed by atoms with Crippen molar-refractivity contribution in [2.75, 3.05) is 13.1 Å². The molecule has 0 radical (unpaired) electrons. The Morgan fingerprint density at radius 1 is 1.25 bits per heavy atom. The molecule has 5 heteroatoms. The third-order valence-corrected chi connectivity index (χ3v) is 5.55. The summed E-state index contributed by atoms with van der Waals surface area (Å²) in [5.74, 6) is 0. The molecule has 1 aliphatic heterocycles. The number of hydrogen-bond acceptors (Lipinski definition) is 2. The second-order valence-electron chi connectivity index (χ2n) is 5.44. The van der Waals surface area contributed by atoms with Crippen LogP contribution in [0.3, 0.4) is 0 Å². The molecule has 0 saturated carbocycles. The molecule has 0 aromatic heterocycles. The average Bonchev–Trinajstić information content (AvgIpc) is 2.45. The van der Waals surface area contributed by atoms with Crippen LogP contribution in [0.15, 0.2) is 30.3 Å². The quantitative estimate of drug-likeness (QED) is 0.819. The van der Waals surface area contributed by atoms with Crippen LogP contribution in [0, 0.1) is 0 Å². The lowest BCUT2D eigenvalue weighted by atomic mass is 10.1. The molecule has 4 nitrogen and oxygen atoms in total. The first kappa shape index (κ1) is 15.5. The second-order valence-corrected chi connectivity index (χ2v) is 7.15. The van der Waals surface area contributed by atoms with Gasteiger partial charge in [0.15, 0.2) is 0 Å². The molecule has 0 bridgehead atoms. The monoisotopic (exact) mass is 296 g/mol. The summed E-state index contributed by atoms with van der Waals surface area (Å²) in [6.45, 7) is 3.14. The third-order valence-electron chi connectivity index (χ3n) is 3.82. The Morgan fingerprint density at radius 3 is 2.70 bits per heavy atom. The van der Waals surface area contributed by atoms with Crippen molar-refractivity contribution in [2.24, 2.45) is 0 Å². The van der Waals surface area contributed by atoms with E-state index in [0.717, 1.165) is 32.1 Å². The van der Waals surface area contributed by atoms with Crippen LogP contribution >= 0.6 is 0 Å². The maximum Gasteiger partial charge on any atom is 0.279 e. The van der Waals surface area contributed by atoms with Gasteiger partial charge >= 0.3 is 0 Å². The Kier molecular flexibility index (Phi) is 5.57. The van der Waals surface area contributed by atoms with Crippen LogP contribution < -0.4 is 4.72 Å². The van der Waals surface area contributed by atoms with Gasteiger partial charge in [0.1, 0.15) is 0 Å². The van der Waals surface area contributed by atoms with E-state index in [1.165, 1.54) is 5.56 Å². The summed E-state index contributed by atoms with van der Waals surface area (Å²) < 4.78 is 28.8. The van der Waals surface area contributed by atoms with Crippen molar-refractivity contribution in [3.63, 3.8) is 0 Å². The zero-order valence-electron chi connectivity index (χ0n) is 12.1. The Bertz CT molecular complexity index is 502. The normalized spacial score (nSPS) is 20.9. The maximum atomic E-state index is 12.2. The van der Waals surface area contributed by atoms with Gasteiger partial charge in [0.05, 0.1) is 0 Å². The minimum absolute atomic E-state index is 0.121. The van der Waals surface area contributed by atoms with E-state index in [9.17, 15) is 8.42 Å². The molecule has 1 N–H and O–H groups in total. The van der Waals surface area contributed by atoms with E-state index < -0.39 is 10.2 Å². The number of aryl methyl sites for hydroxylation is 1. The SMILES string of the molecule is CC1CCCCN1S(=O)(=O)NCCCc1ccccc1. The number of benzene rings is 1. The molecule has 1 aromatic carbocycles. The molecule has 1 fully saturated rings. The first-order valence-electron chi connectivity index (χ1n) is 7.40. The summed E-state index contributed by atoms with van der Waals surface area (Å²) in [6.07, 6.45) is 4.78. The lowest BCUT2D eigenvalue weighted by Crippen LogP contribution is -2.48. The van der Waals surface area contributed by atoms with E-state index in [1.54, 1.807) is 4.31 Å². The second kappa shape index (κ2) is 7.20. The van der Waals surface area contributed by atoms with Gasteiger partial charge in [-0.1, -0.05) is 36.8 Å². The molecule has 2 rings (SSSR count). The highest BCUT2D eigenvalue weighted by molar-refractivity contribution is 7.87. The van der Waals surface area contributed by atoms with Crippen molar-refractivity contribution in [1.29, 1.82) is 0 Å². The molecule has 0 aliphatic carbocycles. The number of piperidine rings is 1. The first-order chi connectivity index (χ1) is 9.59. The minimum atomic E-state index is -3.30. The van der Waals surface area contributed by atoms with E-state index in [2.05, 4.69) is 16.9 Å². The number of hydrogen-bond donors (Lipinski definition) is 1. The highest BCUT2D eigenvalue weighted by atomic mass is 32.2. The highest BCUT2D eigenvalue weighted by Crippen LogP contribution is 2.18. The summed E-state index contributed by atoms with van der Waals surface area (Å²) in [5.41, 5.74) is 1.25. The van der Waals surface area contributed by atoms with Gasteiger partial charge in [-0.25, -0.2) is 4.72 Å². The van der Waals surface area contributed by atoms with Crippen molar-refractivity contribution in [2.45, 2.75) is 45.1 Å². The van der Waals surface area contributed by atoms with E-state index in [4.69, 9.17) is 0 Å². The molecule has 1 aromatic rings. The van der Waals surface area contributed by atoms with Gasteiger partial charge in [0.25, 0.3) is 10.2 Å². The van der Waals surface area contributed by atoms with Crippen molar-refractivity contribution < 1.29 is 8.42 Å². The van der Waals surface area contributed by atoms with Gasteiger partial charge in [-0.05, 0) is 38.2 Å². The summed E-state index contributed by atoms with van der Waals surface area (Å²) in [6, 6.07) is 10.3. The summed E-state index contributed by atoms with van der Waals surface area (Å²) in [7, 11) is -3.30. The zero-order valence-corrected chi connectivity index (χ0v) is 12.9. The molecule has 1 atom stereocenters. The minimum Gasteiger partial charge on any atom is -0.202 e. The Morgan fingerprint density at radius 2 is 2.00 bits per heavy atom. The number of rotatable bonds is 6. The molecule has 1 heterocycles. The van der Waals surface area contributed by atoms with Crippen LogP contribution in [0.1, 0.15) is 38.2 Å². The lowest BCUT2D eigenvalue weighted by molar-refractivity contribution is 0.265. The summed E-state index contributed by atoms with van der Waals surface area (Å²) in [4.78, 5) is 0. The molecular formula is C15H24N2O2S. The Hall–Kier alpha value is -0.910. The molecule has 1 saturated heterocycles. The molecule has 0 amide bonds. The fourth-order valence-electron chi connectivity index (χ4n) is 2.65. The fourth-order valence-corrected chi connectivity index (χ4v) is 4.17. The van der Waals surface area contributed by atoms with Gasteiger partial charge in [-0.15, -0.1) is 0 Å². The van der Waals surface area contributed by atoms with Crippen LogP contribution in [0.25, 0.3) is 0 Å². The van der Waals surface area contributed by atoms with E-state index in [1.807, 2.05) is 25.1 Å². The fraction of sp³-hybridized carbons (Fsp3) is 0.600. The van der Waals surface area contributed by atoms with Crippen molar-refractivity contribution in [1.82, 2.24) is 9.03 Å². The molecule has 1 unspecified atom stereocenters. The van der Waals surface area contributed by atoms with Crippen LogP contribution in [0.4, 0.5) is 0 Å². The molecule has 1 aliphatic rings. The van der Waals surface area contributed by atoms with Crippen LogP contribution in [-0.4, -0.2) is 31.9 Å². The van der Waals surface area contributed by atoms with Crippen LogP contribution in [0.2, 0.25) is 0 Å². The highest BCUT2D eigenvalue weighted by Gasteiger charge is 2.28. The van der Waals surface area contributed by atoms with Gasteiger partial charge < -0.3 is 0 Å². The van der Waals surface area contributed by atoms with E-state index >= 15 is 0 Å². The Balaban J connectivity index is 1.77. The largest absolute Gasteiger partial charge is 0.279 e. The molecular weight excluding hydrogens is 272 g/mol. The van der Waals surface area contributed by atoms with Gasteiger partial charge in [0.2, 0.25) is 0 Å². The summed E-state index contributed by atoms with van der Waals surface area (Å²) >= 11 is 0. The summed E-state index contributed by atoms with van der Waals surface area (Å²) in [5, 5.41) is 0. The smallest absolute Gasteiger partial charge is 0.202 e. The van der Waals surface area contributed by atoms with Gasteiger partial charge in [-0.2, -0.15) is 12.7 Å². The number of nitrogens with zero attached hydrogens (tertiary/aromatic N) is 1. The van der Waals surface area contributed by atoms with Crippen molar-refractivity contribution in [3.8, 4) is 0 Å². The standard InChI is InChI=1S/C15H24N2O2S/c1-14-8-5-6-13-17(14)20(18,19)16-12-7-11-15-9-3-2-4-10-15/h2-4,9-10,14,16H,5-8,11-13H2,1H3. The number of nitrogens with one attached hydrogen (secondary N) is 1. The zero-order chi connectivity index (χ0) is 14.4. The van der Waals surface area contributed by atoms with Crippen LogP contribution in [0.5, 0.6) is 0 Å². The lowest BCUT2D eigenvalue weighted by Gasteiger charge is -2.32. The predicted molar refractivity (Wildman–Crippen MR) is 81.7 cm³/mol. The molecule has 112 valence electrons. The third kappa shape index (κ3) is 4.30. The van der Waals surface area contributed by atoms with Crippen LogP contribution in [-0.2, 0) is 16.6 Å². The van der Waals surface area contributed by atoms with Crippen molar-refractivity contribution >= 4 is 10.2 Å². The average molecular weight is 296 g/mol. The van der Waals surface area contributed by atoms with Crippen molar-refractivity contribution in [3.05, 3.63) is 35.9 Å². The first-order valence-corrected chi connectivity index (χ1v) is 8.84. The predicted octanol–water partition coefficient (Wildman–Crippen LogP) is 2.33. The van der Waals surface area contributed by atoms with Gasteiger partial charge in [-0.3, -0.25) is 0 Å². The maximum absolute atomic E-state index is 12.2. The molecule has 20 heavy (non-hydrogen) atoms. The molecule has 0 spiro atoms. The Labute approximate surface area is 122 Å². The van der Waals surface area contributed by atoms with E-state index in [0.29, 0.717) is 13.1 Å². The van der Waals surface area contributed by atoms with E-state index in [-0.39, 0.29) is 6.04 Å².